The molecule has 2 aliphatic rings. The molecule has 1 N–H and O–H groups in total. The van der Waals surface area contributed by atoms with Gasteiger partial charge >= 0.3 is 0 Å². The Bertz CT molecular complexity index is 973. The molecular formula is C20H24N2O6S. The summed E-state index contributed by atoms with van der Waals surface area (Å²) in [6.07, 6.45) is 2.09. The molecule has 2 aliphatic heterocycles. The van der Waals surface area contributed by atoms with Gasteiger partial charge in [-0.2, -0.15) is 0 Å². The maximum Gasteiger partial charge on any atom is 0.234 e. The van der Waals surface area contributed by atoms with Gasteiger partial charge < -0.3 is 19.2 Å². The second kappa shape index (κ2) is 8.08. The van der Waals surface area contributed by atoms with Gasteiger partial charge in [0.1, 0.15) is 5.76 Å². The van der Waals surface area contributed by atoms with E-state index in [4.69, 9.17) is 13.9 Å². The first-order chi connectivity index (χ1) is 13.9. The van der Waals surface area contributed by atoms with Gasteiger partial charge in [0.2, 0.25) is 12.7 Å². The molecule has 2 atom stereocenters. The van der Waals surface area contributed by atoms with Crippen molar-refractivity contribution in [2.24, 2.45) is 0 Å². The van der Waals surface area contributed by atoms with Crippen molar-refractivity contribution in [1.82, 2.24) is 10.2 Å². The zero-order valence-corrected chi connectivity index (χ0v) is 17.0. The molecule has 3 heterocycles. The third-order valence-corrected chi connectivity index (χ3v) is 7.03. The van der Waals surface area contributed by atoms with Crippen molar-refractivity contribution >= 4 is 15.7 Å². The zero-order chi connectivity index (χ0) is 20.4. The number of fused-ring (bicyclic) bond motifs is 1. The average Bonchev–Trinajstić information content (AvgIpc) is 3.41. The van der Waals surface area contributed by atoms with Crippen LogP contribution in [0.1, 0.15) is 30.7 Å². The number of ether oxygens (including phenoxy) is 2. The van der Waals surface area contributed by atoms with Gasteiger partial charge in [-0.15, -0.1) is 0 Å². The van der Waals surface area contributed by atoms with Crippen molar-refractivity contribution in [3.63, 3.8) is 0 Å². The molecule has 0 bridgehead atoms. The fraction of sp³-hybridized carbons (Fsp3) is 0.450. The Balaban J connectivity index is 1.41. The Morgan fingerprint density at radius 1 is 1.28 bits per heavy atom. The van der Waals surface area contributed by atoms with Gasteiger partial charge in [-0.3, -0.25) is 9.69 Å². The van der Waals surface area contributed by atoms with Gasteiger partial charge in [0.25, 0.3) is 0 Å². The van der Waals surface area contributed by atoms with E-state index in [1.54, 1.807) is 12.3 Å². The predicted octanol–water partition coefficient (Wildman–Crippen LogP) is 1.87. The van der Waals surface area contributed by atoms with Crippen LogP contribution < -0.4 is 14.8 Å². The molecule has 0 spiro atoms. The highest BCUT2D eigenvalue weighted by atomic mass is 32.2. The summed E-state index contributed by atoms with van der Waals surface area (Å²) < 4.78 is 39.9. The molecule has 9 heteroatoms. The molecular weight excluding hydrogens is 396 g/mol. The summed E-state index contributed by atoms with van der Waals surface area (Å²) in [6.45, 7) is 2.58. The third kappa shape index (κ3) is 4.73. The minimum absolute atomic E-state index is 0.0682. The molecule has 1 amide bonds. The van der Waals surface area contributed by atoms with Crippen molar-refractivity contribution in [2.45, 2.75) is 32.0 Å². The van der Waals surface area contributed by atoms with E-state index in [-0.39, 0.29) is 42.8 Å². The Kier molecular flexibility index (Phi) is 5.51. The summed E-state index contributed by atoms with van der Waals surface area (Å²) in [5, 5.41) is 2.98. The lowest BCUT2D eigenvalue weighted by Crippen LogP contribution is -2.43. The van der Waals surface area contributed by atoms with Gasteiger partial charge in [0.15, 0.2) is 21.3 Å². The number of carbonyl (C=O) groups is 1. The van der Waals surface area contributed by atoms with Crippen LogP contribution in [0, 0.1) is 0 Å². The second-order valence-electron chi connectivity index (χ2n) is 7.44. The van der Waals surface area contributed by atoms with Gasteiger partial charge in [0, 0.05) is 6.04 Å². The number of hydrogen-bond acceptors (Lipinski definition) is 7. The molecule has 156 valence electrons. The molecule has 1 fully saturated rings. The van der Waals surface area contributed by atoms with Crippen molar-refractivity contribution in [3.05, 3.63) is 47.9 Å². The lowest BCUT2D eigenvalue weighted by Gasteiger charge is -2.27. The molecule has 4 rings (SSSR count). The van der Waals surface area contributed by atoms with Crippen LogP contribution in [-0.4, -0.2) is 50.1 Å². The SMILES string of the molecule is C[C@H](NC(=O)CN(Cc1ccco1)[C@@H]1CCS(=O)(=O)C1)c1ccc2c(c1)OCO2. The van der Waals surface area contributed by atoms with E-state index < -0.39 is 9.84 Å². The Hall–Kier alpha value is -2.52. The molecule has 29 heavy (non-hydrogen) atoms. The monoisotopic (exact) mass is 420 g/mol. The summed E-state index contributed by atoms with van der Waals surface area (Å²) >= 11 is 0. The van der Waals surface area contributed by atoms with E-state index in [9.17, 15) is 13.2 Å². The number of nitrogens with one attached hydrogen (secondary N) is 1. The minimum atomic E-state index is -3.06. The Morgan fingerprint density at radius 3 is 2.83 bits per heavy atom. The predicted molar refractivity (Wildman–Crippen MR) is 105 cm³/mol. The average molecular weight is 420 g/mol. The van der Waals surface area contributed by atoms with Crippen LogP contribution in [0.5, 0.6) is 11.5 Å². The van der Waals surface area contributed by atoms with Crippen LogP contribution in [-0.2, 0) is 21.2 Å². The molecule has 0 unspecified atom stereocenters. The van der Waals surface area contributed by atoms with Crippen LogP contribution >= 0.6 is 0 Å². The van der Waals surface area contributed by atoms with E-state index in [2.05, 4.69) is 5.32 Å². The third-order valence-electron chi connectivity index (χ3n) is 5.28. The molecule has 1 aromatic heterocycles. The number of furan rings is 1. The molecule has 0 radical (unpaired) electrons. The van der Waals surface area contributed by atoms with E-state index >= 15 is 0 Å². The van der Waals surface area contributed by atoms with Crippen molar-refractivity contribution < 1.29 is 27.1 Å². The highest BCUT2D eigenvalue weighted by Crippen LogP contribution is 2.34. The minimum Gasteiger partial charge on any atom is -0.468 e. The van der Waals surface area contributed by atoms with Crippen LogP contribution in [0.2, 0.25) is 0 Å². The molecule has 2 aromatic rings. The lowest BCUT2D eigenvalue weighted by atomic mass is 10.1. The number of hydrogen-bond donors (Lipinski definition) is 1. The summed E-state index contributed by atoms with van der Waals surface area (Å²) in [6, 6.07) is 8.75. The first-order valence-corrected chi connectivity index (χ1v) is 11.4. The van der Waals surface area contributed by atoms with Crippen LogP contribution in [0.25, 0.3) is 0 Å². The molecule has 0 saturated carbocycles. The zero-order valence-electron chi connectivity index (χ0n) is 16.2. The summed E-state index contributed by atoms with van der Waals surface area (Å²) in [7, 11) is -3.06. The first-order valence-electron chi connectivity index (χ1n) is 9.55. The van der Waals surface area contributed by atoms with Crippen molar-refractivity contribution in [1.29, 1.82) is 0 Å². The number of rotatable bonds is 7. The number of sulfone groups is 1. The van der Waals surface area contributed by atoms with Crippen molar-refractivity contribution in [2.75, 3.05) is 24.8 Å². The van der Waals surface area contributed by atoms with Gasteiger partial charge in [-0.05, 0) is 43.2 Å². The highest BCUT2D eigenvalue weighted by Gasteiger charge is 2.33. The number of carbonyl (C=O) groups excluding carboxylic acids is 1. The summed E-state index contributed by atoms with van der Waals surface area (Å²) in [5.41, 5.74) is 0.906. The number of benzene rings is 1. The second-order valence-corrected chi connectivity index (χ2v) is 9.67. The normalized spacial score (nSPS) is 20.7. The summed E-state index contributed by atoms with van der Waals surface area (Å²) in [4.78, 5) is 14.6. The smallest absolute Gasteiger partial charge is 0.234 e. The highest BCUT2D eigenvalue weighted by molar-refractivity contribution is 7.91. The van der Waals surface area contributed by atoms with E-state index in [1.807, 2.05) is 36.1 Å². The van der Waals surface area contributed by atoms with Gasteiger partial charge in [-0.1, -0.05) is 6.07 Å². The topological polar surface area (TPSA) is 98.1 Å². The lowest BCUT2D eigenvalue weighted by molar-refractivity contribution is -0.123. The molecule has 0 aliphatic carbocycles. The van der Waals surface area contributed by atoms with Crippen LogP contribution in [0.15, 0.2) is 41.0 Å². The molecule has 1 aromatic carbocycles. The fourth-order valence-corrected chi connectivity index (χ4v) is 5.48. The van der Waals surface area contributed by atoms with E-state index in [0.29, 0.717) is 30.2 Å². The van der Waals surface area contributed by atoms with Gasteiger partial charge in [-0.25, -0.2) is 8.42 Å². The van der Waals surface area contributed by atoms with E-state index in [0.717, 1.165) is 5.56 Å². The van der Waals surface area contributed by atoms with Gasteiger partial charge in [0.05, 0.1) is 36.9 Å². The molecule has 1 saturated heterocycles. The maximum absolute atomic E-state index is 12.7. The summed E-state index contributed by atoms with van der Waals surface area (Å²) in [5.74, 6) is 2.11. The Morgan fingerprint density at radius 2 is 2.10 bits per heavy atom. The molecule has 8 nitrogen and oxygen atoms in total. The quantitative estimate of drug-likeness (QED) is 0.730. The standard InChI is InChI=1S/C20H24N2O6S/c1-14(15-4-5-18-19(9-15)28-13-27-18)21-20(23)11-22(10-17-3-2-7-26-17)16-6-8-29(24,25)12-16/h2-5,7,9,14,16H,6,8,10-13H2,1H3,(H,21,23)/t14-,16+/m0/s1. The first kappa shape index (κ1) is 19.8. The van der Waals surface area contributed by atoms with Crippen LogP contribution in [0.4, 0.5) is 0 Å². The largest absolute Gasteiger partial charge is 0.468 e. The van der Waals surface area contributed by atoms with Crippen molar-refractivity contribution in [3.8, 4) is 11.5 Å². The fourth-order valence-electron chi connectivity index (χ4n) is 3.72. The number of amides is 1. The number of nitrogens with zero attached hydrogens (tertiary/aromatic N) is 1. The maximum atomic E-state index is 12.7. The Labute approximate surface area is 169 Å². The van der Waals surface area contributed by atoms with Crippen LogP contribution in [0.3, 0.4) is 0 Å². The van der Waals surface area contributed by atoms with E-state index in [1.165, 1.54) is 0 Å².